The first-order chi connectivity index (χ1) is 14.2. The van der Waals surface area contributed by atoms with Crippen molar-refractivity contribution in [2.45, 2.75) is 51.4 Å². The van der Waals surface area contributed by atoms with Crippen LogP contribution in [0.5, 0.6) is 11.5 Å². The normalized spacial score (nSPS) is 18.9. The molecule has 0 spiro atoms. The Balaban J connectivity index is 0.00000193. The number of benzene rings is 2. The summed E-state index contributed by atoms with van der Waals surface area (Å²) >= 11 is 0. The zero-order chi connectivity index (χ0) is 19.5. The fourth-order valence-electron chi connectivity index (χ4n) is 6.12. The van der Waals surface area contributed by atoms with E-state index in [9.17, 15) is 10.2 Å². The van der Waals surface area contributed by atoms with E-state index in [4.69, 9.17) is 0 Å². The molecule has 0 aromatic heterocycles. The maximum absolute atomic E-state index is 11.1. The second-order valence-electron chi connectivity index (χ2n) is 9.13. The van der Waals surface area contributed by atoms with Gasteiger partial charge in [0.2, 0.25) is 0 Å². The number of rotatable bonds is 2. The molecule has 4 nitrogen and oxygen atoms in total. The molecule has 4 aliphatic heterocycles. The Morgan fingerprint density at radius 3 is 1.47 bits per heavy atom. The van der Waals surface area contributed by atoms with Gasteiger partial charge in [0.05, 0.1) is 11.5 Å². The summed E-state index contributed by atoms with van der Waals surface area (Å²) < 4.78 is 0. The number of phenolic OH excluding ortho intramolecular Hbond substituents is 2. The van der Waals surface area contributed by atoms with Crippen molar-refractivity contribution in [3.63, 3.8) is 0 Å². The summed E-state index contributed by atoms with van der Waals surface area (Å²) in [5.41, 5.74) is 9.27. The molecule has 1 radical (unpaired) electrons. The summed E-state index contributed by atoms with van der Waals surface area (Å²) in [7, 11) is 0. The van der Waals surface area contributed by atoms with Crippen LogP contribution in [0.3, 0.4) is 0 Å². The number of hydrogen-bond donors (Lipinski definition) is 2. The molecule has 2 aromatic rings. The minimum atomic E-state index is 0. The van der Waals surface area contributed by atoms with Crippen molar-refractivity contribution >= 4 is 11.4 Å². The molecular formula is C25H29N2O2Re-. The zero-order valence-corrected chi connectivity index (χ0v) is 20.1. The number of nitrogens with zero attached hydrogens (tertiary/aromatic N) is 2. The van der Waals surface area contributed by atoms with Crippen molar-refractivity contribution in [3.8, 4) is 11.5 Å². The molecule has 0 bridgehead atoms. The average Bonchev–Trinajstić information content (AvgIpc) is 2.75. The van der Waals surface area contributed by atoms with Crippen LogP contribution in [0.25, 0.3) is 0 Å². The summed E-state index contributed by atoms with van der Waals surface area (Å²) in [6.45, 7) is 4.42. The van der Waals surface area contributed by atoms with Crippen LogP contribution in [0, 0.1) is 6.42 Å². The second-order valence-corrected chi connectivity index (χ2v) is 9.13. The van der Waals surface area contributed by atoms with Gasteiger partial charge in [-0.25, -0.2) is 0 Å². The van der Waals surface area contributed by atoms with E-state index >= 15 is 0 Å². The van der Waals surface area contributed by atoms with Crippen molar-refractivity contribution in [2.24, 2.45) is 0 Å². The van der Waals surface area contributed by atoms with E-state index in [0.29, 0.717) is 11.5 Å². The summed E-state index contributed by atoms with van der Waals surface area (Å²) in [5, 5.41) is 22.2. The van der Waals surface area contributed by atoms with Crippen LogP contribution in [0.2, 0.25) is 0 Å². The Kier molecular flexibility index (Phi) is 5.16. The van der Waals surface area contributed by atoms with Crippen LogP contribution < -0.4 is 9.80 Å². The molecule has 159 valence electrons. The van der Waals surface area contributed by atoms with E-state index < -0.39 is 0 Å². The third-order valence-corrected chi connectivity index (χ3v) is 7.36. The van der Waals surface area contributed by atoms with E-state index in [-0.39, 0.29) is 20.4 Å². The number of anilines is 2. The quantitative estimate of drug-likeness (QED) is 0.530. The molecule has 0 atom stereocenters. The summed E-state index contributed by atoms with van der Waals surface area (Å²) in [6.07, 6.45) is 10.7. The predicted octanol–water partition coefficient (Wildman–Crippen LogP) is 4.09. The van der Waals surface area contributed by atoms with Crippen LogP contribution in [0.1, 0.15) is 59.1 Å². The Hall–Kier alpha value is -1.83. The maximum atomic E-state index is 11.1. The summed E-state index contributed by atoms with van der Waals surface area (Å²) in [5.74, 6) is 0.838. The van der Waals surface area contributed by atoms with Gasteiger partial charge in [0.25, 0.3) is 0 Å². The molecule has 0 unspecified atom stereocenters. The van der Waals surface area contributed by atoms with Crippen LogP contribution in [-0.4, -0.2) is 36.4 Å². The van der Waals surface area contributed by atoms with Crippen molar-refractivity contribution in [1.82, 2.24) is 0 Å². The zero-order valence-electron chi connectivity index (χ0n) is 17.4. The number of aromatic hydroxyl groups is 2. The van der Waals surface area contributed by atoms with Gasteiger partial charge in [-0.05, 0) is 62.5 Å². The van der Waals surface area contributed by atoms with Gasteiger partial charge in [-0.2, -0.15) is 0 Å². The molecule has 0 saturated carbocycles. The average molecular weight is 576 g/mol. The summed E-state index contributed by atoms with van der Waals surface area (Å²) in [6, 6.07) is 4.34. The van der Waals surface area contributed by atoms with Gasteiger partial charge in [0.1, 0.15) is 0 Å². The smallest absolute Gasteiger partial charge is 0.0614 e. The van der Waals surface area contributed by atoms with Gasteiger partial charge >= 0.3 is 0 Å². The SMILES string of the molecule is Oc1c([CH-]c2cc3c4c(c2O)CCCN4CCC3)cc2c3c1CCCN3CCC2.[Re]. The first kappa shape index (κ1) is 20.1. The molecule has 5 heteroatoms. The molecule has 2 aromatic carbocycles. The first-order valence-corrected chi connectivity index (χ1v) is 11.3. The van der Waals surface area contributed by atoms with E-state index in [1.165, 1.54) is 35.3 Å². The van der Waals surface area contributed by atoms with Crippen molar-refractivity contribution in [2.75, 3.05) is 36.0 Å². The summed E-state index contributed by atoms with van der Waals surface area (Å²) in [4.78, 5) is 4.91. The number of phenols is 2. The molecule has 4 aliphatic rings. The van der Waals surface area contributed by atoms with Gasteiger partial charge in [0.15, 0.2) is 0 Å². The molecule has 0 aliphatic carbocycles. The molecule has 2 N–H and O–H groups in total. The predicted molar refractivity (Wildman–Crippen MR) is 116 cm³/mol. The minimum Gasteiger partial charge on any atom is -0.542 e. The van der Waals surface area contributed by atoms with Crippen molar-refractivity contribution < 1.29 is 30.6 Å². The third-order valence-electron chi connectivity index (χ3n) is 7.36. The van der Waals surface area contributed by atoms with E-state index in [0.717, 1.165) is 87.0 Å². The van der Waals surface area contributed by atoms with Gasteiger partial charge in [-0.15, -0.1) is 18.6 Å². The van der Waals surface area contributed by atoms with Gasteiger partial charge < -0.3 is 20.0 Å². The minimum absolute atomic E-state index is 0. The molecule has 6 rings (SSSR count). The molecule has 0 fully saturated rings. The standard InChI is InChI=1S/C25H29N2O2.Re/c28-24-18(13-16-5-1-9-26-11-3-7-20(24)22(16)26)15-19-14-17-6-2-10-27-12-4-8-21(23(17)27)25(19)29;/h13-15,28-29H,1-12H2;/q-1;. The van der Waals surface area contributed by atoms with Crippen LogP contribution in [0.4, 0.5) is 11.4 Å². The van der Waals surface area contributed by atoms with Crippen molar-refractivity contribution in [1.29, 1.82) is 0 Å². The molecule has 0 amide bonds. The maximum Gasteiger partial charge on any atom is 0.0614 e. The monoisotopic (exact) mass is 576 g/mol. The fraction of sp³-hybridized carbons (Fsp3) is 0.480. The molecule has 4 heterocycles. The second kappa shape index (κ2) is 7.70. The van der Waals surface area contributed by atoms with Gasteiger partial charge in [-0.3, -0.25) is 0 Å². The molecule has 30 heavy (non-hydrogen) atoms. The molecule has 0 saturated heterocycles. The Labute approximate surface area is 192 Å². The van der Waals surface area contributed by atoms with E-state index in [1.807, 2.05) is 6.42 Å². The Morgan fingerprint density at radius 1 is 0.633 bits per heavy atom. The first-order valence-electron chi connectivity index (χ1n) is 11.3. The topological polar surface area (TPSA) is 46.9 Å². The largest absolute Gasteiger partial charge is 0.542 e. The number of aryl methyl sites for hydroxylation is 2. The fourth-order valence-corrected chi connectivity index (χ4v) is 6.12. The van der Waals surface area contributed by atoms with Crippen LogP contribution in [-0.2, 0) is 46.1 Å². The Bertz CT molecular complexity index is 920. The Morgan fingerprint density at radius 2 is 1.03 bits per heavy atom. The van der Waals surface area contributed by atoms with Gasteiger partial charge in [-0.1, -0.05) is 22.3 Å². The number of hydrogen-bond acceptors (Lipinski definition) is 4. The van der Waals surface area contributed by atoms with Gasteiger partial charge in [0, 0.05) is 58.0 Å². The third kappa shape index (κ3) is 3.01. The van der Waals surface area contributed by atoms with Crippen molar-refractivity contribution in [3.05, 3.63) is 51.9 Å². The van der Waals surface area contributed by atoms with E-state index in [1.54, 1.807) is 0 Å². The van der Waals surface area contributed by atoms with Crippen LogP contribution in [0.15, 0.2) is 12.1 Å². The van der Waals surface area contributed by atoms with Crippen LogP contribution >= 0.6 is 0 Å². The van der Waals surface area contributed by atoms with E-state index in [2.05, 4.69) is 21.9 Å². The molecular weight excluding hydrogens is 546 g/mol.